The lowest BCUT2D eigenvalue weighted by atomic mass is 10.1. The fourth-order valence-electron chi connectivity index (χ4n) is 2.74. The third-order valence-electron chi connectivity index (χ3n) is 4.08. The molecule has 8 nitrogen and oxygen atoms in total. The van der Waals surface area contributed by atoms with E-state index < -0.39 is 27.4 Å². The van der Waals surface area contributed by atoms with Gasteiger partial charge in [-0.1, -0.05) is 23.8 Å². The molecule has 0 aromatic heterocycles. The fourth-order valence-corrected chi connectivity index (χ4v) is 3.66. The first-order valence-corrected chi connectivity index (χ1v) is 9.94. The van der Waals surface area contributed by atoms with E-state index in [0.717, 1.165) is 21.7 Å². The van der Waals surface area contributed by atoms with E-state index in [1.165, 1.54) is 25.1 Å². The Labute approximate surface area is 158 Å². The van der Waals surface area contributed by atoms with Crippen LogP contribution in [-0.4, -0.2) is 32.0 Å². The summed E-state index contributed by atoms with van der Waals surface area (Å²) in [5.74, 6) is -0.594. The number of sulfonamides is 1. The Hall–Kier alpha value is -2.94. The topological polar surface area (TPSA) is 110 Å². The molecular weight excluding hydrogens is 370 g/mol. The monoisotopic (exact) mass is 391 g/mol. The van der Waals surface area contributed by atoms with Gasteiger partial charge in [0, 0.05) is 6.07 Å². The first-order valence-electron chi connectivity index (χ1n) is 8.09. The second-order valence-corrected chi connectivity index (χ2v) is 8.22. The van der Waals surface area contributed by atoms with Gasteiger partial charge < -0.3 is 5.32 Å². The van der Waals surface area contributed by atoms with Gasteiger partial charge in [0.15, 0.2) is 0 Å². The van der Waals surface area contributed by atoms with Crippen LogP contribution in [0.3, 0.4) is 0 Å². The van der Waals surface area contributed by atoms with Crippen molar-refractivity contribution in [1.29, 1.82) is 0 Å². The number of nitrogens with one attached hydrogen (secondary N) is 1. The van der Waals surface area contributed by atoms with Crippen LogP contribution in [0.15, 0.2) is 36.4 Å². The van der Waals surface area contributed by atoms with Gasteiger partial charge in [-0.15, -0.1) is 0 Å². The molecule has 0 saturated heterocycles. The van der Waals surface area contributed by atoms with E-state index in [9.17, 15) is 23.3 Å². The highest BCUT2D eigenvalue weighted by Gasteiger charge is 2.23. The predicted octanol–water partition coefficient (Wildman–Crippen LogP) is 2.92. The van der Waals surface area contributed by atoms with Gasteiger partial charge >= 0.3 is 0 Å². The van der Waals surface area contributed by atoms with Crippen LogP contribution in [0.4, 0.5) is 17.1 Å². The van der Waals surface area contributed by atoms with Crippen molar-refractivity contribution in [1.82, 2.24) is 0 Å². The van der Waals surface area contributed by atoms with Gasteiger partial charge in [0.25, 0.3) is 5.69 Å². The Morgan fingerprint density at radius 2 is 1.85 bits per heavy atom. The largest absolute Gasteiger partial charge is 0.324 e. The lowest BCUT2D eigenvalue weighted by Gasteiger charge is -2.24. The zero-order chi connectivity index (χ0) is 20.4. The number of benzene rings is 2. The molecule has 0 heterocycles. The number of nitro benzene ring substituents is 1. The van der Waals surface area contributed by atoms with Crippen LogP contribution in [0.25, 0.3) is 0 Å². The zero-order valence-electron chi connectivity index (χ0n) is 15.5. The molecule has 2 rings (SSSR count). The molecule has 0 spiro atoms. The molecule has 2 aromatic carbocycles. The molecular formula is C18H21N3O5S. The maximum atomic E-state index is 12.5. The number of aryl methyl sites for hydroxylation is 2. The standard InChI is InChI=1S/C18H21N3O5S/c1-12-8-9-16(13(2)10-12)20(27(4,25)26)11-18(22)19-15-6-5-7-17(14(15)3)21(23)24/h5-10H,11H2,1-4H3,(H,19,22). The minimum Gasteiger partial charge on any atom is -0.324 e. The number of carbonyl (C=O) groups is 1. The molecule has 0 unspecified atom stereocenters. The number of nitrogens with zero attached hydrogens (tertiary/aromatic N) is 2. The summed E-state index contributed by atoms with van der Waals surface area (Å²) < 4.78 is 25.5. The molecule has 1 N–H and O–H groups in total. The molecule has 0 fully saturated rings. The van der Waals surface area contributed by atoms with Gasteiger partial charge in [-0.3, -0.25) is 19.2 Å². The highest BCUT2D eigenvalue weighted by molar-refractivity contribution is 7.92. The smallest absolute Gasteiger partial charge is 0.274 e. The first kappa shape index (κ1) is 20.4. The molecule has 27 heavy (non-hydrogen) atoms. The highest BCUT2D eigenvalue weighted by Crippen LogP contribution is 2.26. The average molecular weight is 391 g/mol. The Morgan fingerprint density at radius 1 is 1.19 bits per heavy atom. The lowest BCUT2D eigenvalue weighted by Crippen LogP contribution is -2.38. The molecule has 0 aliphatic rings. The normalized spacial score (nSPS) is 11.1. The van der Waals surface area contributed by atoms with E-state index in [-0.39, 0.29) is 11.4 Å². The average Bonchev–Trinajstić information content (AvgIpc) is 2.54. The second kappa shape index (κ2) is 7.75. The summed E-state index contributed by atoms with van der Waals surface area (Å²) >= 11 is 0. The van der Waals surface area contributed by atoms with Crippen LogP contribution in [0.2, 0.25) is 0 Å². The SMILES string of the molecule is Cc1ccc(N(CC(=O)Nc2cccc([N+](=O)[O-])c2C)S(C)(=O)=O)c(C)c1. The fraction of sp³-hybridized carbons (Fsp3) is 0.278. The Bertz CT molecular complexity index is 1000. The van der Waals surface area contributed by atoms with Crippen LogP contribution >= 0.6 is 0 Å². The van der Waals surface area contributed by atoms with Gasteiger partial charge in [-0.25, -0.2) is 8.42 Å². The lowest BCUT2D eigenvalue weighted by molar-refractivity contribution is -0.385. The molecule has 2 aromatic rings. The molecule has 9 heteroatoms. The Kier molecular flexibility index (Phi) is 5.85. The van der Waals surface area contributed by atoms with E-state index in [0.29, 0.717) is 11.3 Å². The van der Waals surface area contributed by atoms with E-state index in [1.54, 1.807) is 19.1 Å². The summed E-state index contributed by atoms with van der Waals surface area (Å²) in [7, 11) is -3.71. The number of hydrogen-bond acceptors (Lipinski definition) is 5. The summed E-state index contributed by atoms with van der Waals surface area (Å²) in [6.07, 6.45) is 1.03. The summed E-state index contributed by atoms with van der Waals surface area (Å²) in [6, 6.07) is 9.57. The van der Waals surface area contributed by atoms with Crippen molar-refractivity contribution in [3.05, 3.63) is 63.2 Å². The maximum absolute atomic E-state index is 12.5. The molecule has 144 valence electrons. The quantitative estimate of drug-likeness (QED) is 0.601. The van der Waals surface area contributed by atoms with Gasteiger partial charge in [0.1, 0.15) is 6.54 Å². The minimum atomic E-state index is -3.71. The molecule has 0 radical (unpaired) electrons. The van der Waals surface area contributed by atoms with Crippen LogP contribution in [-0.2, 0) is 14.8 Å². The third kappa shape index (κ3) is 4.82. The van der Waals surface area contributed by atoms with Crippen LogP contribution < -0.4 is 9.62 Å². The number of rotatable bonds is 6. The Balaban J connectivity index is 2.31. The third-order valence-corrected chi connectivity index (χ3v) is 5.21. The molecule has 0 aliphatic carbocycles. The highest BCUT2D eigenvalue weighted by atomic mass is 32.2. The van der Waals surface area contributed by atoms with Crippen molar-refractivity contribution < 1.29 is 18.1 Å². The number of hydrogen-bond donors (Lipinski definition) is 1. The molecule has 1 amide bonds. The van der Waals surface area contributed by atoms with Crippen molar-refractivity contribution >= 4 is 33.0 Å². The first-order chi connectivity index (χ1) is 12.5. The van der Waals surface area contributed by atoms with Crippen molar-refractivity contribution in [2.75, 3.05) is 22.4 Å². The van der Waals surface area contributed by atoms with E-state index >= 15 is 0 Å². The minimum absolute atomic E-state index is 0.123. The number of amides is 1. The second-order valence-electron chi connectivity index (χ2n) is 6.31. The van der Waals surface area contributed by atoms with E-state index in [4.69, 9.17) is 0 Å². The summed E-state index contributed by atoms with van der Waals surface area (Å²) in [5, 5.41) is 13.6. The van der Waals surface area contributed by atoms with Crippen molar-refractivity contribution in [3.8, 4) is 0 Å². The summed E-state index contributed by atoms with van der Waals surface area (Å²) in [4.78, 5) is 23.0. The van der Waals surface area contributed by atoms with Crippen molar-refractivity contribution in [3.63, 3.8) is 0 Å². The summed E-state index contributed by atoms with van der Waals surface area (Å²) in [5.41, 5.74) is 2.55. The van der Waals surface area contributed by atoms with E-state index in [1.807, 2.05) is 13.0 Å². The molecule has 0 bridgehead atoms. The van der Waals surface area contributed by atoms with Crippen molar-refractivity contribution in [2.45, 2.75) is 20.8 Å². The van der Waals surface area contributed by atoms with E-state index in [2.05, 4.69) is 5.32 Å². The zero-order valence-corrected chi connectivity index (χ0v) is 16.3. The Morgan fingerprint density at radius 3 is 2.41 bits per heavy atom. The van der Waals surface area contributed by atoms with Gasteiger partial charge in [-0.2, -0.15) is 0 Å². The predicted molar refractivity (Wildman–Crippen MR) is 105 cm³/mol. The van der Waals surface area contributed by atoms with Gasteiger partial charge in [0.05, 0.1) is 28.1 Å². The molecule has 0 aliphatic heterocycles. The summed E-state index contributed by atoms with van der Waals surface area (Å²) in [6.45, 7) is 4.74. The van der Waals surface area contributed by atoms with Crippen molar-refractivity contribution in [2.24, 2.45) is 0 Å². The van der Waals surface area contributed by atoms with Gasteiger partial charge in [-0.05, 0) is 38.5 Å². The number of nitro groups is 1. The maximum Gasteiger partial charge on any atom is 0.274 e. The van der Waals surface area contributed by atoms with Gasteiger partial charge in [0.2, 0.25) is 15.9 Å². The van der Waals surface area contributed by atoms with Crippen LogP contribution in [0.5, 0.6) is 0 Å². The molecule has 0 atom stereocenters. The number of carbonyl (C=O) groups excluding carboxylic acids is 1. The molecule has 0 saturated carbocycles. The van der Waals surface area contributed by atoms with Crippen LogP contribution in [0.1, 0.15) is 16.7 Å². The van der Waals surface area contributed by atoms with Crippen LogP contribution in [0, 0.1) is 30.9 Å². The number of anilines is 2.